The lowest BCUT2D eigenvalue weighted by molar-refractivity contribution is -0.127. The van der Waals surface area contributed by atoms with Gasteiger partial charge in [0.2, 0.25) is 5.91 Å². The van der Waals surface area contributed by atoms with E-state index in [0.29, 0.717) is 17.3 Å². The number of hydrogen-bond acceptors (Lipinski definition) is 4. The molecule has 1 N–H and O–H groups in total. The summed E-state index contributed by atoms with van der Waals surface area (Å²) in [6.45, 7) is 0.150. The van der Waals surface area contributed by atoms with Crippen LogP contribution in [0.2, 0.25) is 5.02 Å². The van der Waals surface area contributed by atoms with Crippen LogP contribution in [-0.2, 0) is 16.1 Å². The number of carbonyl (C=O) groups is 3. The number of amides is 3. The fourth-order valence-electron chi connectivity index (χ4n) is 3.98. The standard InChI is InChI=1S/C27H18BrClFN3O3S/c28-18-3-10-23-22(12-18)17(14-32(23)13-16-1-4-19(29)5-2-16)11-24-26(35)33(27(36)37-24)15-25(34)31-21-8-6-20(30)7-9-21/h1-12,14H,13,15H2,(H,31,34)/b24-11-. The van der Waals surface area contributed by atoms with Gasteiger partial charge in [-0.1, -0.05) is 39.7 Å². The molecule has 0 aliphatic carbocycles. The van der Waals surface area contributed by atoms with E-state index in [9.17, 15) is 18.8 Å². The number of halogens is 3. The van der Waals surface area contributed by atoms with Crippen LogP contribution in [0.5, 0.6) is 0 Å². The van der Waals surface area contributed by atoms with Gasteiger partial charge in [0, 0.05) is 44.4 Å². The van der Waals surface area contributed by atoms with Gasteiger partial charge in [0.1, 0.15) is 12.4 Å². The Morgan fingerprint density at radius 1 is 1.05 bits per heavy atom. The second-order valence-electron chi connectivity index (χ2n) is 8.32. The van der Waals surface area contributed by atoms with Gasteiger partial charge in [-0.05, 0) is 78.0 Å². The Labute approximate surface area is 229 Å². The van der Waals surface area contributed by atoms with E-state index in [1.807, 2.05) is 48.7 Å². The Morgan fingerprint density at radius 2 is 1.78 bits per heavy atom. The molecule has 10 heteroatoms. The Hall–Kier alpha value is -3.40. The fourth-order valence-corrected chi connectivity index (χ4v) is 5.30. The number of aromatic nitrogens is 1. The van der Waals surface area contributed by atoms with Crippen molar-refractivity contribution < 1.29 is 18.8 Å². The molecule has 0 atom stereocenters. The van der Waals surface area contributed by atoms with Crippen LogP contribution in [0.4, 0.5) is 14.9 Å². The lowest BCUT2D eigenvalue weighted by Crippen LogP contribution is -2.36. The summed E-state index contributed by atoms with van der Waals surface area (Å²) in [5.74, 6) is -1.54. The van der Waals surface area contributed by atoms with Gasteiger partial charge in [0.25, 0.3) is 11.1 Å². The molecule has 3 amide bonds. The summed E-state index contributed by atoms with van der Waals surface area (Å²) in [5, 5.41) is 3.60. The van der Waals surface area contributed by atoms with Gasteiger partial charge < -0.3 is 9.88 Å². The van der Waals surface area contributed by atoms with E-state index in [1.54, 1.807) is 6.08 Å². The van der Waals surface area contributed by atoms with E-state index in [1.165, 1.54) is 24.3 Å². The Morgan fingerprint density at radius 3 is 2.51 bits per heavy atom. The van der Waals surface area contributed by atoms with E-state index in [0.717, 1.165) is 43.2 Å². The van der Waals surface area contributed by atoms with Gasteiger partial charge in [0.15, 0.2) is 0 Å². The van der Waals surface area contributed by atoms with Gasteiger partial charge in [-0.2, -0.15) is 0 Å². The SMILES string of the molecule is O=C(CN1C(=O)S/C(=C\c2cn(Cc3ccc(Cl)cc3)c3ccc(Br)cc23)C1=O)Nc1ccc(F)cc1. The summed E-state index contributed by atoms with van der Waals surface area (Å²) in [7, 11) is 0. The molecule has 1 fully saturated rings. The quantitative estimate of drug-likeness (QED) is 0.245. The third-order valence-electron chi connectivity index (χ3n) is 5.73. The van der Waals surface area contributed by atoms with Crippen LogP contribution < -0.4 is 5.32 Å². The number of carbonyl (C=O) groups excluding carboxylic acids is 3. The number of thioether (sulfide) groups is 1. The number of rotatable bonds is 6. The van der Waals surface area contributed by atoms with Crippen molar-refractivity contribution in [3.63, 3.8) is 0 Å². The molecule has 0 spiro atoms. The molecule has 3 aromatic carbocycles. The third-order valence-corrected chi connectivity index (χ3v) is 7.38. The smallest absolute Gasteiger partial charge is 0.294 e. The number of nitrogens with one attached hydrogen (secondary N) is 1. The van der Waals surface area contributed by atoms with Crippen molar-refractivity contribution in [1.29, 1.82) is 0 Å². The van der Waals surface area contributed by atoms with Crippen molar-refractivity contribution in [2.45, 2.75) is 6.54 Å². The predicted octanol–water partition coefficient (Wildman–Crippen LogP) is 6.92. The second kappa shape index (κ2) is 10.5. The number of imide groups is 1. The fraction of sp³-hybridized carbons (Fsp3) is 0.0741. The molecule has 1 saturated heterocycles. The molecular weight excluding hydrogens is 581 g/mol. The van der Waals surface area contributed by atoms with E-state index < -0.39 is 29.4 Å². The highest BCUT2D eigenvalue weighted by Crippen LogP contribution is 2.35. The zero-order valence-corrected chi connectivity index (χ0v) is 22.2. The topological polar surface area (TPSA) is 71.4 Å². The summed E-state index contributed by atoms with van der Waals surface area (Å²) in [5.41, 5.74) is 3.16. The summed E-state index contributed by atoms with van der Waals surface area (Å²) in [4.78, 5) is 39.2. The molecule has 37 heavy (non-hydrogen) atoms. The number of benzene rings is 3. The lowest BCUT2D eigenvalue weighted by atomic mass is 10.1. The van der Waals surface area contributed by atoms with Gasteiger partial charge in [-0.25, -0.2) is 4.39 Å². The monoisotopic (exact) mass is 597 g/mol. The minimum Gasteiger partial charge on any atom is -0.342 e. The first kappa shape index (κ1) is 25.3. The van der Waals surface area contributed by atoms with Crippen molar-refractivity contribution in [1.82, 2.24) is 9.47 Å². The average molecular weight is 599 g/mol. The third kappa shape index (κ3) is 5.64. The molecule has 4 aromatic rings. The van der Waals surface area contributed by atoms with Crippen LogP contribution in [0.15, 0.2) is 82.3 Å². The zero-order chi connectivity index (χ0) is 26.1. The molecule has 1 aromatic heterocycles. The molecular formula is C27H18BrClFN3O3S. The molecule has 0 radical (unpaired) electrons. The highest BCUT2D eigenvalue weighted by Gasteiger charge is 2.36. The first-order chi connectivity index (χ1) is 17.8. The minimum absolute atomic E-state index is 0.227. The van der Waals surface area contributed by atoms with Crippen LogP contribution in [0.1, 0.15) is 11.1 Å². The predicted molar refractivity (Wildman–Crippen MR) is 148 cm³/mol. The molecule has 5 rings (SSSR count). The number of anilines is 1. The molecule has 0 unspecified atom stereocenters. The Balaban J connectivity index is 1.39. The number of nitrogens with zero attached hydrogens (tertiary/aromatic N) is 2. The van der Waals surface area contributed by atoms with Crippen molar-refractivity contribution >= 4 is 79.0 Å². The average Bonchev–Trinajstić information content (AvgIpc) is 3.33. The van der Waals surface area contributed by atoms with E-state index in [-0.39, 0.29) is 4.91 Å². The van der Waals surface area contributed by atoms with Gasteiger partial charge in [-0.15, -0.1) is 0 Å². The zero-order valence-electron chi connectivity index (χ0n) is 19.1. The van der Waals surface area contributed by atoms with Crippen molar-refractivity contribution in [2.75, 3.05) is 11.9 Å². The minimum atomic E-state index is -0.557. The first-order valence-corrected chi connectivity index (χ1v) is 13.1. The van der Waals surface area contributed by atoms with Crippen LogP contribution >= 0.6 is 39.3 Å². The molecule has 0 bridgehead atoms. The largest absolute Gasteiger partial charge is 0.342 e. The van der Waals surface area contributed by atoms with Gasteiger partial charge >= 0.3 is 0 Å². The Kier molecular flexibility index (Phi) is 7.19. The number of fused-ring (bicyclic) bond motifs is 1. The highest BCUT2D eigenvalue weighted by atomic mass is 79.9. The molecule has 1 aliphatic rings. The summed E-state index contributed by atoms with van der Waals surface area (Å²) in [6, 6.07) is 18.7. The van der Waals surface area contributed by atoms with E-state index in [2.05, 4.69) is 25.8 Å². The van der Waals surface area contributed by atoms with Crippen LogP contribution in [0.25, 0.3) is 17.0 Å². The lowest BCUT2D eigenvalue weighted by Gasteiger charge is -2.12. The Bertz CT molecular complexity index is 1570. The van der Waals surface area contributed by atoms with Gasteiger partial charge in [0.05, 0.1) is 4.91 Å². The normalized spacial score (nSPS) is 14.7. The van der Waals surface area contributed by atoms with Crippen molar-refractivity contribution in [3.8, 4) is 0 Å². The maximum atomic E-state index is 13.1. The van der Waals surface area contributed by atoms with Gasteiger partial charge in [-0.3, -0.25) is 19.3 Å². The van der Waals surface area contributed by atoms with Crippen LogP contribution in [0, 0.1) is 5.82 Å². The van der Waals surface area contributed by atoms with Crippen LogP contribution in [0.3, 0.4) is 0 Å². The van der Waals surface area contributed by atoms with E-state index in [4.69, 9.17) is 11.6 Å². The summed E-state index contributed by atoms with van der Waals surface area (Å²) < 4.78 is 16.0. The maximum absolute atomic E-state index is 13.1. The molecule has 0 saturated carbocycles. The maximum Gasteiger partial charge on any atom is 0.294 e. The number of hydrogen-bond donors (Lipinski definition) is 1. The van der Waals surface area contributed by atoms with Crippen molar-refractivity contribution in [2.24, 2.45) is 0 Å². The first-order valence-electron chi connectivity index (χ1n) is 11.1. The van der Waals surface area contributed by atoms with Crippen molar-refractivity contribution in [3.05, 3.63) is 104 Å². The van der Waals surface area contributed by atoms with E-state index >= 15 is 0 Å². The summed E-state index contributed by atoms with van der Waals surface area (Å²) in [6.07, 6.45) is 3.61. The second-order valence-corrected chi connectivity index (χ2v) is 10.7. The summed E-state index contributed by atoms with van der Waals surface area (Å²) >= 11 is 10.3. The molecule has 2 heterocycles. The van der Waals surface area contributed by atoms with Crippen LogP contribution in [-0.4, -0.2) is 33.1 Å². The molecule has 186 valence electrons. The molecule has 1 aliphatic heterocycles. The highest BCUT2D eigenvalue weighted by molar-refractivity contribution is 9.10. The molecule has 6 nitrogen and oxygen atoms in total.